The molecule has 0 aromatic carbocycles. The van der Waals surface area contributed by atoms with Gasteiger partial charge in [0.15, 0.2) is 5.82 Å². The maximum Gasteiger partial charge on any atom is 0.289 e. The first-order valence-corrected chi connectivity index (χ1v) is 8.15. The number of likely N-dealkylation sites (tertiary alicyclic amines) is 1. The van der Waals surface area contributed by atoms with Crippen LogP contribution in [0, 0.1) is 5.92 Å². The summed E-state index contributed by atoms with van der Waals surface area (Å²) in [5.41, 5.74) is 0. The van der Waals surface area contributed by atoms with Crippen LogP contribution in [0.1, 0.15) is 30.9 Å². The Kier molecular flexibility index (Phi) is 4.39. The fourth-order valence-electron chi connectivity index (χ4n) is 3.42. The zero-order valence-electron chi connectivity index (χ0n) is 13.9. The Morgan fingerprint density at radius 1 is 1.39 bits per heavy atom. The number of carbonyl (C=O) groups is 2. The number of carbonyl (C=O) groups excluding carboxylic acids is 2. The molecule has 0 unspecified atom stereocenters. The molecular weight excluding hydrogens is 296 g/mol. The number of hydrogen-bond donors (Lipinski definition) is 0. The Bertz CT molecular complexity index is 598. The van der Waals surface area contributed by atoms with Gasteiger partial charge in [0, 0.05) is 51.0 Å². The highest BCUT2D eigenvalue weighted by atomic mass is 16.5. The van der Waals surface area contributed by atoms with Gasteiger partial charge < -0.3 is 19.1 Å². The van der Waals surface area contributed by atoms with E-state index in [1.165, 1.54) is 0 Å². The van der Waals surface area contributed by atoms with E-state index in [9.17, 15) is 9.59 Å². The van der Waals surface area contributed by atoms with Gasteiger partial charge in [0.1, 0.15) is 6.61 Å². The minimum absolute atomic E-state index is 0.0383. The van der Waals surface area contributed by atoms with Gasteiger partial charge in [0.2, 0.25) is 5.91 Å². The zero-order chi connectivity index (χ0) is 16.6. The van der Waals surface area contributed by atoms with Crippen molar-refractivity contribution in [1.29, 1.82) is 0 Å². The molecule has 2 atom stereocenters. The number of amides is 2. The topological polar surface area (TPSA) is 67.7 Å². The number of fused-ring (bicyclic) bond motifs is 1. The van der Waals surface area contributed by atoms with Crippen LogP contribution in [0.15, 0.2) is 12.4 Å². The molecule has 1 aromatic rings. The zero-order valence-corrected chi connectivity index (χ0v) is 13.9. The molecule has 2 amide bonds. The van der Waals surface area contributed by atoms with Crippen LogP contribution in [-0.4, -0.2) is 69.6 Å². The van der Waals surface area contributed by atoms with Gasteiger partial charge in [-0.2, -0.15) is 0 Å². The highest BCUT2D eigenvalue weighted by Gasteiger charge is 2.38. The molecule has 0 bridgehead atoms. The Hall–Kier alpha value is -1.89. The Balaban J connectivity index is 1.74. The second-order valence-corrected chi connectivity index (χ2v) is 6.65. The highest BCUT2D eigenvalue weighted by molar-refractivity contribution is 5.90. The molecular formula is C16H24N4O3. The van der Waals surface area contributed by atoms with Gasteiger partial charge in [0.25, 0.3) is 5.91 Å². The van der Waals surface area contributed by atoms with Crippen LogP contribution >= 0.6 is 0 Å². The van der Waals surface area contributed by atoms with E-state index in [0.717, 1.165) is 6.42 Å². The Morgan fingerprint density at radius 3 is 2.83 bits per heavy atom. The third kappa shape index (κ3) is 3.10. The SMILES string of the molecule is CC(C)N1C[C@H]2CN(C(=O)c3nccn3C)CC[C@@H]2OCC1=O. The lowest BCUT2D eigenvalue weighted by Gasteiger charge is -2.38. The highest BCUT2D eigenvalue weighted by Crippen LogP contribution is 2.25. The number of aromatic nitrogens is 2. The molecule has 3 heterocycles. The number of imidazole rings is 1. The van der Waals surface area contributed by atoms with Crippen molar-refractivity contribution in [2.24, 2.45) is 13.0 Å². The summed E-state index contributed by atoms with van der Waals surface area (Å²) >= 11 is 0. The summed E-state index contributed by atoms with van der Waals surface area (Å²) in [6, 6.07) is 0.144. The van der Waals surface area contributed by atoms with E-state index < -0.39 is 0 Å². The summed E-state index contributed by atoms with van der Waals surface area (Å²) in [5.74, 6) is 0.593. The minimum atomic E-state index is -0.0531. The van der Waals surface area contributed by atoms with E-state index in [1.807, 2.05) is 30.7 Å². The van der Waals surface area contributed by atoms with E-state index in [0.29, 0.717) is 25.5 Å². The molecule has 0 saturated carbocycles. The van der Waals surface area contributed by atoms with Crippen LogP contribution in [0.5, 0.6) is 0 Å². The molecule has 2 fully saturated rings. The third-order valence-corrected chi connectivity index (χ3v) is 4.76. The van der Waals surface area contributed by atoms with Crippen molar-refractivity contribution < 1.29 is 14.3 Å². The van der Waals surface area contributed by atoms with E-state index in [1.54, 1.807) is 17.0 Å². The minimum Gasteiger partial charge on any atom is -0.368 e. The Labute approximate surface area is 136 Å². The van der Waals surface area contributed by atoms with Gasteiger partial charge in [-0.25, -0.2) is 4.98 Å². The van der Waals surface area contributed by atoms with Crippen molar-refractivity contribution in [1.82, 2.24) is 19.4 Å². The molecule has 2 aliphatic rings. The summed E-state index contributed by atoms with van der Waals surface area (Å²) in [7, 11) is 1.82. The van der Waals surface area contributed by atoms with E-state index >= 15 is 0 Å². The van der Waals surface area contributed by atoms with Gasteiger partial charge >= 0.3 is 0 Å². The van der Waals surface area contributed by atoms with Gasteiger partial charge in [-0.1, -0.05) is 0 Å². The molecule has 0 spiro atoms. The van der Waals surface area contributed by atoms with Crippen LogP contribution in [-0.2, 0) is 16.6 Å². The van der Waals surface area contributed by atoms with Gasteiger partial charge in [-0.05, 0) is 20.3 Å². The first-order valence-electron chi connectivity index (χ1n) is 8.15. The van der Waals surface area contributed by atoms with Crippen molar-refractivity contribution in [2.75, 3.05) is 26.2 Å². The first kappa shape index (κ1) is 16.0. The van der Waals surface area contributed by atoms with Crippen LogP contribution in [0.2, 0.25) is 0 Å². The van der Waals surface area contributed by atoms with Crippen molar-refractivity contribution in [3.63, 3.8) is 0 Å². The molecule has 2 aliphatic heterocycles. The first-order chi connectivity index (χ1) is 11.0. The fraction of sp³-hybridized carbons (Fsp3) is 0.688. The average Bonchev–Trinajstić information content (AvgIpc) is 2.87. The normalized spacial score (nSPS) is 25.5. The maximum absolute atomic E-state index is 12.6. The van der Waals surface area contributed by atoms with Crippen molar-refractivity contribution in [3.05, 3.63) is 18.2 Å². The smallest absolute Gasteiger partial charge is 0.289 e. The van der Waals surface area contributed by atoms with Gasteiger partial charge in [-0.15, -0.1) is 0 Å². The molecule has 23 heavy (non-hydrogen) atoms. The van der Waals surface area contributed by atoms with Crippen molar-refractivity contribution in [3.8, 4) is 0 Å². The van der Waals surface area contributed by atoms with Gasteiger partial charge in [0.05, 0.1) is 6.10 Å². The molecule has 0 radical (unpaired) electrons. The van der Waals surface area contributed by atoms with Crippen LogP contribution in [0.4, 0.5) is 0 Å². The number of nitrogens with zero attached hydrogens (tertiary/aromatic N) is 4. The second kappa shape index (κ2) is 6.31. The fourth-order valence-corrected chi connectivity index (χ4v) is 3.42. The molecule has 7 heteroatoms. The number of ether oxygens (including phenoxy) is 1. The predicted octanol–water partition coefficient (Wildman–Crippen LogP) is 0.518. The molecule has 0 N–H and O–H groups in total. The number of aryl methyl sites for hydroxylation is 1. The molecule has 1 aromatic heterocycles. The molecule has 3 rings (SSSR count). The largest absolute Gasteiger partial charge is 0.368 e. The lowest BCUT2D eigenvalue weighted by Crippen LogP contribution is -2.50. The maximum atomic E-state index is 12.6. The van der Waals surface area contributed by atoms with Crippen LogP contribution < -0.4 is 0 Å². The van der Waals surface area contributed by atoms with Crippen LogP contribution in [0.25, 0.3) is 0 Å². The van der Waals surface area contributed by atoms with E-state index in [-0.39, 0.29) is 36.5 Å². The summed E-state index contributed by atoms with van der Waals surface area (Å²) in [4.78, 5) is 32.6. The van der Waals surface area contributed by atoms with Crippen molar-refractivity contribution >= 4 is 11.8 Å². The second-order valence-electron chi connectivity index (χ2n) is 6.65. The lowest BCUT2D eigenvalue weighted by molar-refractivity contribution is -0.136. The number of rotatable bonds is 2. The third-order valence-electron chi connectivity index (χ3n) is 4.76. The molecule has 7 nitrogen and oxygen atoms in total. The summed E-state index contributed by atoms with van der Waals surface area (Å²) < 4.78 is 7.53. The monoisotopic (exact) mass is 320 g/mol. The molecule has 0 aliphatic carbocycles. The number of piperidine rings is 1. The lowest BCUT2D eigenvalue weighted by atomic mass is 9.93. The predicted molar refractivity (Wildman–Crippen MR) is 83.8 cm³/mol. The van der Waals surface area contributed by atoms with E-state index in [2.05, 4.69) is 4.98 Å². The van der Waals surface area contributed by atoms with Crippen LogP contribution in [0.3, 0.4) is 0 Å². The number of hydrogen-bond acceptors (Lipinski definition) is 4. The van der Waals surface area contributed by atoms with Crippen molar-refractivity contribution in [2.45, 2.75) is 32.4 Å². The quantitative estimate of drug-likeness (QED) is 0.797. The van der Waals surface area contributed by atoms with E-state index in [4.69, 9.17) is 4.74 Å². The summed E-state index contributed by atoms with van der Waals surface area (Å²) in [6.07, 6.45) is 4.22. The average molecular weight is 320 g/mol. The molecule has 126 valence electrons. The Morgan fingerprint density at radius 2 is 2.17 bits per heavy atom. The van der Waals surface area contributed by atoms with Gasteiger partial charge in [-0.3, -0.25) is 9.59 Å². The summed E-state index contributed by atoms with van der Waals surface area (Å²) in [5, 5.41) is 0. The standard InChI is InChI=1S/C16H24N4O3/c1-11(2)20-9-12-8-19(6-4-13(12)23-10-14(20)21)16(22)15-17-5-7-18(15)3/h5,7,11-13H,4,6,8-10H2,1-3H3/t12-,13+/m1/s1. The molecule has 2 saturated heterocycles. The summed E-state index contributed by atoms with van der Waals surface area (Å²) in [6.45, 7) is 6.06.